The maximum Gasteiger partial charge on any atom is 0.0671 e. The quantitative estimate of drug-likeness (QED) is 0.631. The van der Waals surface area contributed by atoms with Crippen molar-refractivity contribution in [3.05, 3.63) is 0 Å². The molecule has 1 N–H and O–H groups in total. The minimum atomic E-state index is 0. The monoisotopic (exact) mass is 151 g/mol. The van der Waals surface area contributed by atoms with E-state index < -0.39 is 0 Å². The van der Waals surface area contributed by atoms with E-state index in [2.05, 4.69) is 12.2 Å². The minimum absolute atomic E-state index is 0. The predicted octanol–water partition coefficient (Wildman–Crippen LogP) is 0.807. The summed E-state index contributed by atoms with van der Waals surface area (Å²) in [6, 6.07) is 0. The minimum Gasteiger partial charge on any atom is -0.377 e. The molecule has 0 unspecified atom stereocenters. The van der Waals surface area contributed by atoms with Gasteiger partial charge in [0, 0.05) is 0 Å². The summed E-state index contributed by atoms with van der Waals surface area (Å²) < 4.78 is 5.06. The molecule has 1 aliphatic rings. The first-order chi connectivity index (χ1) is 3.83. The van der Waals surface area contributed by atoms with Crippen molar-refractivity contribution >= 4 is 12.4 Å². The zero-order valence-electron chi connectivity index (χ0n) is 5.94. The van der Waals surface area contributed by atoms with Gasteiger partial charge in [0.2, 0.25) is 0 Å². The Hall–Kier alpha value is 0.210. The number of ether oxygens (including phenoxy) is 1. The Balaban J connectivity index is 0.000000640. The highest BCUT2D eigenvalue weighted by atomic mass is 35.5. The fraction of sp³-hybridized carbons (Fsp3) is 1.00. The lowest BCUT2D eigenvalue weighted by molar-refractivity contribution is -0.0722. The van der Waals surface area contributed by atoms with Crippen LogP contribution in [-0.4, -0.2) is 25.8 Å². The van der Waals surface area contributed by atoms with Crippen molar-refractivity contribution in [2.45, 2.75) is 18.9 Å². The molecule has 0 spiro atoms. The number of halogens is 1. The number of hydrogen-bond donors (Lipinski definition) is 1. The highest BCUT2D eigenvalue weighted by Gasteiger charge is 2.34. The van der Waals surface area contributed by atoms with Crippen molar-refractivity contribution in [2.24, 2.45) is 0 Å². The molecule has 1 aliphatic heterocycles. The fourth-order valence-corrected chi connectivity index (χ4v) is 0.874. The largest absolute Gasteiger partial charge is 0.377 e. The van der Waals surface area contributed by atoms with E-state index in [4.69, 9.17) is 4.74 Å². The van der Waals surface area contributed by atoms with Crippen molar-refractivity contribution in [3.63, 3.8) is 0 Å². The van der Waals surface area contributed by atoms with Crippen LogP contribution in [0.4, 0.5) is 0 Å². The van der Waals surface area contributed by atoms with Gasteiger partial charge in [-0.15, -0.1) is 12.4 Å². The molecule has 0 atom stereocenters. The van der Waals surface area contributed by atoms with Crippen LogP contribution in [0.25, 0.3) is 0 Å². The van der Waals surface area contributed by atoms with E-state index in [1.165, 1.54) is 6.42 Å². The summed E-state index contributed by atoms with van der Waals surface area (Å²) in [4.78, 5) is 0. The van der Waals surface area contributed by atoms with Gasteiger partial charge in [-0.25, -0.2) is 0 Å². The van der Waals surface area contributed by atoms with E-state index in [-0.39, 0.29) is 12.4 Å². The Morgan fingerprint density at radius 1 is 1.56 bits per heavy atom. The Labute approximate surface area is 62.4 Å². The Morgan fingerprint density at radius 3 is 2.11 bits per heavy atom. The lowest BCUT2D eigenvalue weighted by Crippen LogP contribution is -2.58. The molecule has 2 nitrogen and oxygen atoms in total. The molecule has 0 aromatic rings. The molecule has 0 amide bonds. The molecule has 0 bridgehead atoms. The Morgan fingerprint density at radius 2 is 2.11 bits per heavy atom. The van der Waals surface area contributed by atoms with E-state index in [1.54, 1.807) is 0 Å². The molecule has 1 fully saturated rings. The average molecular weight is 152 g/mol. The first-order valence-electron chi connectivity index (χ1n) is 3.10. The van der Waals surface area contributed by atoms with Crippen molar-refractivity contribution in [2.75, 3.05) is 20.3 Å². The van der Waals surface area contributed by atoms with Crippen molar-refractivity contribution in [1.82, 2.24) is 5.32 Å². The Kier molecular flexibility index (Phi) is 3.48. The van der Waals surface area contributed by atoms with Crippen LogP contribution in [0, 0.1) is 0 Å². The molecule has 56 valence electrons. The molecule has 0 saturated carbocycles. The summed E-state index contributed by atoms with van der Waals surface area (Å²) in [6.45, 7) is 3.96. The summed E-state index contributed by atoms with van der Waals surface area (Å²) in [6.07, 6.45) is 1.17. The molecule has 0 aromatic carbocycles. The van der Waals surface area contributed by atoms with E-state index in [0.717, 1.165) is 13.2 Å². The van der Waals surface area contributed by atoms with Crippen LogP contribution in [0.2, 0.25) is 0 Å². The predicted molar refractivity (Wildman–Crippen MR) is 40.1 cm³/mol. The topological polar surface area (TPSA) is 21.3 Å². The summed E-state index contributed by atoms with van der Waals surface area (Å²) in [5, 5.41) is 3.24. The number of nitrogens with one attached hydrogen (secondary N) is 1. The van der Waals surface area contributed by atoms with Crippen LogP contribution in [0.3, 0.4) is 0 Å². The summed E-state index contributed by atoms with van der Waals surface area (Å²) in [7, 11) is 1.99. The van der Waals surface area contributed by atoms with Crippen molar-refractivity contribution in [3.8, 4) is 0 Å². The smallest absolute Gasteiger partial charge is 0.0671 e. The Bertz CT molecular complexity index is 69.6. The van der Waals surface area contributed by atoms with Gasteiger partial charge >= 0.3 is 0 Å². The number of hydrogen-bond acceptors (Lipinski definition) is 2. The van der Waals surface area contributed by atoms with Crippen LogP contribution >= 0.6 is 12.4 Å². The zero-order valence-corrected chi connectivity index (χ0v) is 6.75. The van der Waals surface area contributed by atoms with E-state index in [9.17, 15) is 0 Å². The highest BCUT2D eigenvalue weighted by Crippen LogP contribution is 2.19. The van der Waals surface area contributed by atoms with E-state index in [0.29, 0.717) is 5.54 Å². The third-order valence-corrected chi connectivity index (χ3v) is 1.96. The van der Waals surface area contributed by atoms with Crippen LogP contribution in [0.1, 0.15) is 13.3 Å². The van der Waals surface area contributed by atoms with Gasteiger partial charge in [-0.05, 0) is 13.5 Å². The number of rotatable bonds is 2. The molecule has 9 heavy (non-hydrogen) atoms. The van der Waals surface area contributed by atoms with Crippen LogP contribution in [-0.2, 0) is 4.74 Å². The van der Waals surface area contributed by atoms with Gasteiger partial charge in [0.05, 0.1) is 18.8 Å². The van der Waals surface area contributed by atoms with Gasteiger partial charge in [0.25, 0.3) is 0 Å². The second kappa shape index (κ2) is 3.40. The lowest BCUT2D eigenvalue weighted by Gasteiger charge is -2.40. The van der Waals surface area contributed by atoms with Crippen LogP contribution in [0.5, 0.6) is 0 Å². The summed E-state index contributed by atoms with van der Waals surface area (Å²) in [5.74, 6) is 0. The third-order valence-electron chi connectivity index (χ3n) is 1.96. The van der Waals surface area contributed by atoms with E-state index >= 15 is 0 Å². The van der Waals surface area contributed by atoms with Gasteiger partial charge in [-0.3, -0.25) is 0 Å². The van der Waals surface area contributed by atoms with Gasteiger partial charge in [0.15, 0.2) is 0 Å². The molecular weight excluding hydrogens is 138 g/mol. The molecule has 1 saturated heterocycles. The van der Waals surface area contributed by atoms with Crippen molar-refractivity contribution < 1.29 is 4.74 Å². The highest BCUT2D eigenvalue weighted by molar-refractivity contribution is 5.85. The lowest BCUT2D eigenvalue weighted by atomic mass is 9.95. The second-order valence-corrected chi connectivity index (χ2v) is 2.38. The molecule has 1 heterocycles. The zero-order chi connectivity index (χ0) is 6.04. The van der Waals surface area contributed by atoms with Gasteiger partial charge in [-0.2, -0.15) is 0 Å². The van der Waals surface area contributed by atoms with Gasteiger partial charge < -0.3 is 10.1 Å². The van der Waals surface area contributed by atoms with E-state index in [1.807, 2.05) is 7.05 Å². The molecule has 0 aliphatic carbocycles. The first kappa shape index (κ1) is 9.21. The third kappa shape index (κ3) is 1.57. The molecular formula is C6H14ClNO. The SMILES string of the molecule is CCC1(NC)COC1.Cl. The summed E-state index contributed by atoms with van der Waals surface area (Å²) in [5.41, 5.74) is 0.333. The van der Waals surface area contributed by atoms with Crippen LogP contribution in [0.15, 0.2) is 0 Å². The molecule has 3 heteroatoms. The second-order valence-electron chi connectivity index (χ2n) is 2.38. The maximum absolute atomic E-state index is 5.06. The average Bonchev–Trinajstić information content (AvgIpc) is 1.67. The maximum atomic E-state index is 5.06. The normalized spacial score (nSPS) is 22.0. The number of likely N-dealkylation sites (N-methyl/N-ethyl adjacent to an activating group) is 1. The molecule has 0 aromatic heterocycles. The van der Waals surface area contributed by atoms with Gasteiger partial charge in [0.1, 0.15) is 0 Å². The first-order valence-corrected chi connectivity index (χ1v) is 3.10. The summed E-state index contributed by atoms with van der Waals surface area (Å²) >= 11 is 0. The fourth-order valence-electron chi connectivity index (χ4n) is 0.874. The van der Waals surface area contributed by atoms with Gasteiger partial charge in [-0.1, -0.05) is 6.92 Å². The molecule has 1 rings (SSSR count). The van der Waals surface area contributed by atoms with Crippen molar-refractivity contribution in [1.29, 1.82) is 0 Å². The molecule has 0 radical (unpaired) electrons. The standard InChI is InChI=1S/C6H13NO.ClH/c1-3-6(7-2)4-8-5-6;/h7H,3-5H2,1-2H3;1H. The van der Waals surface area contributed by atoms with Crippen LogP contribution < -0.4 is 5.32 Å².